The second-order valence-corrected chi connectivity index (χ2v) is 8.42. The Hall–Kier alpha value is -1.23. The molecule has 0 aliphatic rings. The average Bonchev–Trinajstić information content (AvgIpc) is 3.19. The molecule has 0 aliphatic carbocycles. The van der Waals surface area contributed by atoms with Crippen LogP contribution in [-0.4, -0.2) is 29.1 Å². The number of nitrogens with one attached hydrogen (secondary N) is 2. The van der Waals surface area contributed by atoms with E-state index in [1.165, 1.54) is 15.0 Å². The molecule has 5 nitrogen and oxygen atoms in total. The van der Waals surface area contributed by atoms with Crippen molar-refractivity contribution >= 4 is 62.7 Å². The molecule has 146 valence electrons. The van der Waals surface area contributed by atoms with E-state index in [1.807, 2.05) is 32.9 Å². The molecule has 8 heteroatoms. The molecule has 1 atom stereocenters. The summed E-state index contributed by atoms with van der Waals surface area (Å²) in [7, 11) is 0. The molecule has 3 rings (SSSR count). The van der Waals surface area contributed by atoms with Crippen molar-refractivity contribution in [1.29, 1.82) is 0 Å². The van der Waals surface area contributed by atoms with Crippen molar-refractivity contribution in [1.82, 2.24) is 15.6 Å². The molecule has 0 saturated heterocycles. The molecule has 3 aromatic rings. The van der Waals surface area contributed by atoms with Gasteiger partial charge in [0.05, 0.1) is 17.2 Å². The molecule has 3 N–H and O–H groups in total. The molecule has 0 aliphatic heterocycles. The fourth-order valence-corrected chi connectivity index (χ4v) is 4.59. The number of hydrogen-bond acceptors (Lipinski definition) is 5. The quantitative estimate of drug-likeness (QED) is 0.259. The largest absolute Gasteiger partial charge is 0.386 e. The van der Waals surface area contributed by atoms with Crippen LogP contribution in [0, 0.1) is 13.8 Å². The van der Waals surface area contributed by atoms with Gasteiger partial charge >= 0.3 is 0 Å². The number of hydrogen-bond donors (Lipinski definition) is 3. The molecule has 2 aromatic heterocycles. The highest BCUT2D eigenvalue weighted by molar-refractivity contribution is 14.0. The number of halogens is 1. The molecule has 1 unspecified atom stereocenters. The van der Waals surface area contributed by atoms with E-state index in [0.717, 1.165) is 22.1 Å². The van der Waals surface area contributed by atoms with Gasteiger partial charge in [0.2, 0.25) is 0 Å². The van der Waals surface area contributed by atoms with Gasteiger partial charge in [-0.3, -0.25) is 0 Å². The molecule has 0 spiro atoms. The Bertz CT molecular complexity index is 873. The Labute approximate surface area is 185 Å². The van der Waals surface area contributed by atoms with Crippen LogP contribution in [0.4, 0.5) is 0 Å². The third-order valence-corrected chi connectivity index (χ3v) is 6.24. The van der Waals surface area contributed by atoms with E-state index >= 15 is 0 Å². The van der Waals surface area contributed by atoms with Crippen LogP contribution in [0.2, 0.25) is 0 Å². The van der Waals surface area contributed by atoms with Crippen LogP contribution in [0.3, 0.4) is 0 Å². The van der Waals surface area contributed by atoms with Gasteiger partial charge in [0.1, 0.15) is 6.10 Å². The molecule has 27 heavy (non-hydrogen) atoms. The normalized spacial score (nSPS) is 12.7. The van der Waals surface area contributed by atoms with Gasteiger partial charge in [0.15, 0.2) is 5.96 Å². The number of nitrogens with zero attached hydrogens (tertiary/aromatic N) is 2. The number of aromatic nitrogens is 1. The van der Waals surface area contributed by atoms with Crippen LogP contribution in [-0.2, 0) is 6.54 Å². The summed E-state index contributed by atoms with van der Waals surface area (Å²) in [6, 6.07) is 10.2. The van der Waals surface area contributed by atoms with Gasteiger partial charge in [-0.2, -0.15) is 0 Å². The molecular formula is C19H25IN4OS2. The van der Waals surface area contributed by atoms with Crippen LogP contribution in [0.1, 0.15) is 33.5 Å². The number of thiazole rings is 1. The van der Waals surface area contributed by atoms with Crippen molar-refractivity contribution < 1.29 is 5.11 Å². The Kier molecular flexibility index (Phi) is 8.46. The van der Waals surface area contributed by atoms with Gasteiger partial charge in [-0.15, -0.1) is 46.7 Å². The number of thiophene rings is 1. The Balaban J connectivity index is 0.00000261. The Morgan fingerprint density at radius 1 is 1.22 bits per heavy atom. The fourth-order valence-electron chi connectivity index (χ4n) is 2.67. The fraction of sp³-hybridized carbons (Fsp3) is 0.368. The van der Waals surface area contributed by atoms with Crippen molar-refractivity contribution in [3.8, 4) is 0 Å². The zero-order valence-electron chi connectivity index (χ0n) is 15.7. The lowest BCUT2D eigenvalue weighted by atomic mass is 10.2. The molecule has 0 bridgehead atoms. The zero-order chi connectivity index (χ0) is 18.5. The smallest absolute Gasteiger partial charge is 0.191 e. The highest BCUT2D eigenvalue weighted by Crippen LogP contribution is 2.29. The molecule has 2 heterocycles. The maximum Gasteiger partial charge on any atom is 0.191 e. The van der Waals surface area contributed by atoms with Crippen LogP contribution >= 0.6 is 46.7 Å². The third kappa shape index (κ3) is 5.87. The maximum atomic E-state index is 10.5. The summed E-state index contributed by atoms with van der Waals surface area (Å²) in [4.78, 5) is 11.2. The second-order valence-electron chi connectivity index (χ2n) is 6.02. The monoisotopic (exact) mass is 516 g/mol. The van der Waals surface area contributed by atoms with E-state index in [0.29, 0.717) is 19.0 Å². The maximum absolute atomic E-state index is 10.5. The third-order valence-electron chi connectivity index (χ3n) is 3.96. The Morgan fingerprint density at radius 3 is 2.67 bits per heavy atom. The number of aryl methyl sites for hydroxylation is 2. The lowest BCUT2D eigenvalue weighted by molar-refractivity contribution is 0.184. The number of aliphatic imine (C=N–C) groups is 1. The van der Waals surface area contributed by atoms with Crippen LogP contribution < -0.4 is 10.6 Å². The van der Waals surface area contributed by atoms with E-state index in [2.05, 4.69) is 38.8 Å². The molecule has 0 amide bonds. The van der Waals surface area contributed by atoms with E-state index in [9.17, 15) is 5.11 Å². The number of guanidine groups is 1. The SMILES string of the molecule is CCNC(=NCc1sc(C)nc1C)NCC(O)c1cc2ccccc2s1.I. The molecule has 0 radical (unpaired) electrons. The van der Waals surface area contributed by atoms with Gasteiger partial charge in [-0.05, 0) is 38.3 Å². The van der Waals surface area contributed by atoms with Crippen molar-refractivity contribution in [2.24, 2.45) is 4.99 Å². The summed E-state index contributed by atoms with van der Waals surface area (Å²) < 4.78 is 1.19. The van der Waals surface area contributed by atoms with Crippen molar-refractivity contribution in [3.63, 3.8) is 0 Å². The highest BCUT2D eigenvalue weighted by Gasteiger charge is 2.12. The summed E-state index contributed by atoms with van der Waals surface area (Å²) in [5, 5.41) is 19.2. The summed E-state index contributed by atoms with van der Waals surface area (Å²) in [6.07, 6.45) is -0.566. The minimum Gasteiger partial charge on any atom is -0.386 e. The average molecular weight is 516 g/mol. The number of aliphatic hydroxyl groups is 1. The standard InChI is InChI=1S/C19H24N4OS2.HI/c1-4-20-19(22-11-18-12(2)23-13(3)25-18)21-10-15(24)17-9-14-7-5-6-8-16(14)26-17;/h5-9,15,24H,4,10-11H2,1-3H3,(H2,20,21,22);1H. The minimum absolute atomic E-state index is 0. The zero-order valence-corrected chi connectivity index (χ0v) is 19.6. The van der Waals surface area contributed by atoms with Gasteiger partial charge in [0, 0.05) is 27.5 Å². The van der Waals surface area contributed by atoms with E-state index in [4.69, 9.17) is 0 Å². The van der Waals surface area contributed by atoms with E-state index < -0.39 is 6.10 Å². The number of rotatable bonds is 6. The molecule has 0 fully saturated rings. The molecule has 1 aromatic carbocycles. The first kappa shape index (κ1) is 22.1. The van der Waals surface area contributed by atoms with E-state index in [1.54, 1.807) is 22.7 Å². The van der Waals surface area contributed by atoms with Crippen molar-refractivity contribution in [3.05, 3.63) is 50.8 Å². The predicted octanol–water partition coefficient (Wildman–Crippen LogP) is 4.38. The van der Waals surface area contributed by atoms with Crippen molar-refractivity contribution in [2.45, 2.75) is 33.4 Å². The van der Waals surface area contributed by atoms with Gasteiger partial charge < -0.3 is 15.7 Å². The topological polar surface area (TPSA) is 69.5 Å². The minimum atomic E-state index is -0.566. The number of fused-ring (bicyclic) bond motifs is 1. The highest BCUT2D eigenvalue weighted by atomic mass is 127. The van der Waals surface area contributed by atoms with E-state index in [-0.39, 0.29) is 24.0 Å². The first-order chi connectivity index (χ1) is 12.6. The summed E-state index contributed by atoms with van der Waals surface area (Å²) >= 11 is 3.31. The molecule has 0 saturated carbocycles. The first-order valence-electron chi connectivity index (χ1n) is 8.68. The van der Waals surface area contributed by atoms with Crippen LogP contribution in [0.15, 0.2) is 35.3 Å². The van der Waals surface area contributed by atoms with Gasteiger partial charge in [0.25, 0.3) is 0 Å². The lowest BCUT2D eigenvalue weighted by Gasteiger charge is -2.14. The first-order valence-corrected chi connectivity index (χ1v) is 10.3. The second kappa shape index (κ2) is 10.4. The summed E-state index contributed by atoms with van der Waals surface area (Å²) in [5.74, 6) is 0.707. The number of aliphatic hydroxyl groups excluding tert-OH is 1. The van der Waals surface area contributed by atoms with Gasteiger partial charge in [-0.25, -0.2) is 9.98 Å². The Morgan fingerprint density at radius 2 is 2.00 bits per heavy atom. The van der Waals surface area contributed by atoms with Gasteiger partial charge in [-0.1, -0.05) is 18.2 Å². The predicted molar refractivity (Wildman–Crippen MR) is 127 cm³/mol. The lowest BCUT2D eigenvalue weighted by Crippen LogP contribution is -2.39. The van der Waals surface area contributed by atoms with Crippen LogP contribution in [0.5, 0.6) is 0 Å². The van der Waals surface area contributed by atoms with Crippen LogP contribution in [0.25, 0.3) is 10.1 Å². The summed E-state index contributed by atoms with van der Waals surface area (Å²) in [5.41, 5.74) is 1.04. The number of benzene rings is 1. The molecular weight excluding hydrogens is 491 g/mol. The summed E-state index contributed by atoms with van der Waals surface area (Å²) in [6.45, 7) is 7.83. The van der Waals surface area contributed by atoms with Crippen molar-refractivity contribution in [2.75, 3.05) is 13.1 Å².